The molecule has 6 nitrogen and oxygen atoms in total. The second kappa shape index (κ2) is 8.03. The van der Waals surface area contributed by atoms with E-state index in [1.807, 2.05) is 61.9 Å². The quantitative estimate of drug-likeness (QED) is 0.530. The second-order valence-electron chi connectivity index (χ2n) is 9.39. The van der Waals surface area contributed by atoms with E-state index in [-0.39, 0.29) is 11.8 Å². The van der Waals surface area contributed by atoms with Crippen LogP contribution in [-0.2, 0) is 4.79 Å². The van der Waals surface area contributed by atoms with E-state index in [9.17, 15) is 9.59 Å². The van der Waals surface area contributed by atoms with Gasteiger partial charge in [-0.05, 0) is 68.9 Å². The van der Waals surface area contributed by atoms with Gasteiger partial charge in [0.05, 0.1) is 28.2 Å². The third-order valence-corrected chi connectivity index (χ3v) is 7.11. The summed E-state index contributed by atoms with van der Waals surface area (Å²) in [7, 11) is 0. The first-order valence-electron chi connectivity index (χ1n) is 11.4. The lowest BCUT2D eigenvalue weighted by molar-refractivity contribution is -0.126. The number of hydrogen-bond donors (Lipinski definition) is 2. The number of aromatic nitrogens is 2. The van der Waals surface area contributed by atoms with E-state index in [1.165, 1.54) is 0 Å². The van der Waals surface area contributed by atoms with Gasteiger partial charge in [0.1, 0.15) is 0 Å². The molecule has 2 aromatic carbocycles. The van der Waals surface area contributed by atoms with Crippen LogP contribution in [0, 0.1) is 31.1 Å². The molecule has 0 spiro atoms. The number of carbonyl (C=O) groups excluding carboxylic acids is 2. The molecule has 1 saturated carbocycles. The highest BCUT2D eigenvalue weighted by atomic mass is 16.2. The first kappa shape index (κ1) is 21.2. The van der Waals surface area contributed by atoms with Gasteiger partial charge in [0.15, 0.2) is 0 Å². The topological polar surface area (TPSA) is 76.0 Å². The van der Waals surface area contributed by atoms with Crippen LogP contribution in [0.4, 0.5) is 11.4 Å². The van der Waals surface area contributed by atoms with Crippen molar-refractivity contribution < 1.29 is 9.59 Å². The molecule has 0 aliphatic heterocycles. The molecule has 2 N–H and O–H groups in total. The lowest BCUT2D eigenvalue weighted by Gasteiger charge is -2.29. The smallest absolute Gasteiger partial charge is 0.255 e. The summed E-state index contributed by atoms with van der Waals surface area (Å²) in [6, 6.07) is 16.9. The predicted octanol–water partition coefficient (Wildman–Crippen LogP) is 5.28. The number of benzene rings is 2. The van der Waals surface area contributed by atoms with E-state index in [4.69, 9.17) is 0 Å². The molecule has 2 aliphatic carbocycles. The van der Waals surface area contributed by atoms with Crippen molar-refractivity contribution in [3.8, 4) is 5.69 Å². The molecule has 1 fully saturated rings. The molecule has 0 radical (unpaired) electrons. The summed E-state index contributed by atoms with van der Waals surface area (Å²) >= 11 is 0. The first-order chi connectivity index (χ1) is 15.8. The number of allylic oxidation sites excluding steroid dienone is 2. The number of fused-ring (bicyclic) bond motifs is 2. The SMILES string of the molecule is Cc1nn(-c2ccccc2)c(C)c1NC(=O)c1cccc(NC(=O)C2(C)CC3C=CC2C3)c1. The number of para-hydroxylation sites is 1. The van der Waals surface area contributed by atoms with Crippen molar-refractivity contribution in [2.24, 2.45) is 17.3 Å². The van der Waals surface area contributed by atoms with E-state index in [1.54, 1.807) is 18.2 Å². The number of carbonyl (C=O) groups is 2. The number of nitrogens with zero attached hydrogens (tertiary/aromatic N) is 2. The van der Waals surface area contributed by atoms with E-state index in [0.29, 0.717) is 28.8 Å². The summed E-state index contributed by atoms with van der Waals surface area (Å²) in [4.78, 5) is 26.1. The summed E-state index contributed by atoms with van der Waals surface area (Å²) in [5, 5.41) is 10.6. The fourth-order valence-electron chi connectivity index (χ4n) is 5.20. The Hall–Kier alpha value is -3.67. The van der Waals surface area contributed by atoms with Gasteiger partial charge in [-0.2, -0.15) is 5.10 Å². The molecule has 1 heterocycles. The molecule has 3 atom stereocenters. The Labute approximate surface area is 193 Å². The van der Waals surface area contributed by atoms with Crippen molar-refractivity contribution in [3.05, 3.63) is 83.7 Å². The molecular weight excluding hydrogens is 412 g/mol. The number of hydrogen-bond acceptors (Lipinski definition) is 3. The fourth-order valence-corrected chi connectivity index (χ4v) is 5.20. The largest absolute Gasteiger partial charge is 0.326 e. The van der Waals surface area contributed by atoms with Crippen LogP contribution < -0.4 is 10.6 Å². The molecule has 2 aliphatic rings. The van der Waals surface area contributed by atoms with Crippen LogP contribution in [0.5, 0.6) is 0 Å². The van der Waals surface area contributed by atoms with Crippen LogP contribution in [0.1, 0.15) is 41.5 Å². The zero-order chi connectivity index (χ0) is 23.2. The van der Waals surface area contributed by atoms with Crippen LogP contribution in [0.15, 0.2) is 66.7 Å². The maximum Gasteiger partial charge on any atom is 0.255 e. The number of aryl methyl sites for hydroxylation is 1. The third-order valence-electron chi connectivity index (χ3n) is 7.11. The molecular formula is C27H28N4O2. The number of rotatable bonds is 5. The van der Waals surface area contributed by atoms with Gasteiger partial charge in [-0.25, -0.2) is 4.68 Å². The predicted molar refractivity (Wildman–Crippen MR) is 130 cm³/mol. The Balaban J connectivity index is 1.33. The lowest BCUT2D eigenvalue weighted by atomic mass is 9.77. The standard InChI is InChI=1S/C27H28N4O2/c1-17-24(18(2)31(30-17)23-10-5-4-6-11-23)29-25(32)20-8-7-9-22(15-20)28-26(33)27(3)16-19-12-13-21(27)14-19/h4-13,15,19,21H,14,16H2,1-3H3,(H,28,33)(H,29,32). The van der Waals surface area contributed by atoms with Gasteiger partial charge in [-0.1, -0.05) is 43.3 Å². The van der Waals surface area contributed by atoms with Gasteiger partial charge in [-0.15, -0.1) is 0 Å². The van der Waals surface area contributed by atoms with Crippen LogP contribution in [0.3, 0.4) is 0 Å². The van der Waals surface area contributed by atoms with Crippen molar-refractivity contribution in [1.29, 1.82) is 0 Å². The van der Waals surface area contributed by atoms with Crippen molar-refractivity contribution in [3.63, 3.8) is 0 Å². The van der Waals surface area contributed by atoms with Gasteiger partial charge in [0.25, 0.3) is 5.91 Å². The highest BCUT2D eigenvalue weighted by Gasteiger charge is 2.49. The van der Waals surface area contributed by atoms with Crippen LogP contribution >= 0.6 is 0 Å². The molecule has 6 heteroatoms. The maximum absolute atomic E-state index is 13.1. The summed E-state index contributed by atoms with van der Waals surface area (Å²) in [5.74, 6) is 0.582. The molecule has 33 heavy (non-hydrogen) atoms. The highest BCUT2D eigenvalue weighted by Crippen LogP contribution is 2.52. The number of anilines is 2. The van der Waals surface area contributed by atoms with E-state index in [2.05, 4.69) is 27.9 Å². The fraction of sp³-hybridized carbons (Fsp3) is 0.296. The summed E-state index contributed by atoms with van der Waals surface area (Å²) in [5.41, 5.74) is 3.95. The van der Waals surface area contributed by atoms with Gasteiger partial charge in [-0.3, -0.25) is 9.59 Å². The minimum absolute atomic E-state index is 0.0211. The third kappa shape index (κ3) is 3.75. The van der Waals surface area contributed by atoms with Gasteiger partial charge >= 0.3 is 0 Å². The summed E-state index contributed by atoms with van der Waals surface area (Å²) in [6.45, 7) is 5.86. The molecule has 2 amide bonds. The Morgan fingerprint density at radius 1 is 1.03 bits per heavy atom. The van der Waals surface area contributed by atoms with Crippen molar-refractivity contribution >= 4 is 23.2 Å². The molecule has 2 bridgehead atoms. The summed E-state index contributed by atoms with van der Waals surface area (Å²) < 4.78 is 1.83. The second-order valence-corrected chi connectivity index (χ2v) is 9.39. The molecule has 168 valence electrons. The van der Waals surface area contributed by atoms with Crippen LogP contribution in [-0.4, -0.2) is 21.6 Å². The number of nitrogens with one attached hydrogen (secondary N) is 2. The maximum atomic E-state index is 13.1. The molecule has 1 aromatic heterocycles. The zero-order valence-corrected chi connectivity index (χ0v) is 19.1. The van der Waals surface area contributed by atoms with Crippen LogP contribution in [0.25, 0.3) is 5.69 Å². The zero-order valence-electron chi connectivity index (χ0n) is 19.1. The van der Waals surface area contributed by atoms with Crippen molar-refractivity contribution in [2.45, 2.75) is 33.6 Å². The van der Waals surface area contributed by atoms with Gasteiger partial charge in [0.2, 0.25) is 5.91 Å². The van der Waals surface area contributed by atoms with E-state index < -0.39 is 5.41 Å². The Bertz CT molecular complexity index is 1260. The molecule has 0 saturated heterocycles. The normalized spacial score (nSPS) is 23.0. The van der Waals surface area contributed by atoms with Crippen LogP contribution in [0.2, 0.25) is 0 Å². The minimum atomic E-state index is -0.391. The monoisotopic (exact) mass is 440 g/mol. The average Bonchev–Trinajstić information content (AvgIpc) is 3.49. The van der Waals surface area contributed by atoms with Crippen molar-refractivity contribution in [2.75, 3.05) is 10.6 Å². The lowest BCUT2D eigenvalue weighted by Crippen LogP contribution is -2.36. The minimum Gasteiger partial charge on any atom is -0.326 e. The summed E-state index contributed by atoms with van der Waals surface area (Å²) in [6.07, 6.45) is 6.35. The van der Waals surface area contributed by atoms with E-state index in [0.717, 1.165) is 29.9 Å². The van der Waals surface area contributed by atoms with E-state index >= 15 is 0 Å². The highest BCUT2D eigenvalue weighted by molar-refractivity contribution is 6.06. The number of amides is 2. The van der Waals surface area contributed by atoms with Crippen molar-refractivity contribution in [1.82, 2.24) is 9.78 Å². The molecule has 3 unspecified atom stereocenters. The van der Waals surface area contributed by atoms with Gasteiger partial charge < -0.3 is 10.6 Å². The molecule has 5 rings (SSSR count). The first-order valence-corrected chi connectivity index (χ1v) is 11.4. The Kier molecular flexibility index (Phi) is 5.16. The Morgan fingerprint density at radius 3 is 2.52 bits per heavy atom. The molecule has 3 aromatic rings. The Morgan fingerprint density at radius 2 is 1.82 bits per heavy atom. The van der Waals surface area contributed by atoms with Gasteiger partial charge in [0, 0.05) is 11.3 Å². The average molecular weight is 441 g/mol.